The maximum Gasteiger partial charge on any atom is 0.255 e. The summed E-state index contributed by atoms with van der Waals surface area (Å²) >= 11 is 0. The first kappa shape index (κ1) is 11.8. The minimum absolute atomic E-state index is 0.196. The molecule has 0 saturated heterocycles. The largest absolute Gasteiger partial charge is 0.484 e. The van der Waals surface area contributed by atoms with Crippen molar-refractivity contribution in [2.45, 2.75) is 0 Å². The number of nitrogens with two attached hydrogens (primary N) is 1. The number of primary amides is 1. The highest BCUT2D eigenvalue weighted by Crippen LogP contribution is 2.17. The first-order valence-electron chi connectivity index (χ1n) is 4.56. The van der Waals surface area contributed by atoms with Gasteiger partial charge in [-0.15, -0.1) is 0 Å². The molecule has 0 unspecified atom stereocenters. The summed E-state index contributed by atoms with van der Waals surface area (Å²) in [5.74, 6) is -0.409. The molecule has 5 nitrogen and oxygen atoms in total. The maximum absolute atomic E-state index is 11.0. The Morgan fingerprint density at radius 3 is 2.88 bits per heavy atom. The zero-order valence-electron chi connectivity index (χ0n) is 8.60. The summed E-state index contributed by atoms with van der Waals surface area (Å²) < 4.78 is 5.07. The molecular formula is C11H12N2O3. The molecule has 1 rings (SSSR count). The van der Waals surface area contributed by atoms with Gasteiger partial charge in [-0.1, -0.05) is 12.6 Å². The summed E-state index contributed by atoms with van der Waals surface area (Å²) in [6, 6.07) is 6.63. The van der Waals surface area contributed by atoms with Crippen LogP contribution in [0.4, 0.5) is 5.69 Å². The van der Waals surface area contributed by atoms with Crippen molar-refractivity contribution >= 4 is 17.5 Å². The van der Waals surface area contributed by atoms with Gasteiger partial charge in [-0.05, 0) is 18.2 Å². The molecule has 0 aromatic heterocycles. The van der Waals surface area contributed by atoms with Crippen LogP contribution in [0.25, 0.3) is 0 Å². The molecule has 0 saturated carbocycles. The first-order chi connectivity index (χ1) is 7.61. The minimum Gasteiger partial charge on any atom is -0.484 e. The molecular weight excluding hydrogens is 208 g/mol. The summed E-state index contributed by atoms with van der Waals surface area (Å²) in [6.45, 7) is 3.14. The van der Waals surface area contributed by atoms with Crippen molar-refractivity contribution in [2.75, 3.05) is 11.9 Å². The lowest BCUT2D eigenvalue weighted by atomic mass is 10.3. The van der Waals surface area contributed by atoms with Crippen molar-refractivity contribution in [2.24, 2.45) is 5.73 Å². The lowest BCUT2D eigenvalue weighted by Gasteiger charge is -2.06. The van der Waals surface area contributed by atoms with E-state index in [0.717, 1.165) is 6.08 Å². The summed E-state index contributed by atoms with van der Waals surface area (Å²) in [5.41, 5.74) is 5.50. The molecule has 1 aromatic carbocycles. The van der Waals surface area contributed by atoms with E-state index in [2.05, 4.69) is 11.9 Å². The highest BCUT2D eigenvalue weighted by Gasteiger charge is 2.00. The number of hydrogen-bond acceptors (Lipinski definition) is 3. The molecule has 84 valence electrons. The van der Waals surface area contributed by atoms with E-state index in [1.54, 1.807) is 24.3 Å². The molecule has 0 bridgehead atoms. The van der Waals surface area contributed by atoms with Crippen LogP contribution in [0.1, 0.15) is 0 Å². The van der Waals surface area contributed by atoms with Gasteiger partial charge in [-0.2, -0.15) is 0 Å². The molecule has 0 aliphatic rings. The fourth-order valence-electron chi connectivity index (χ4n) is 1.01. The van der Waals surface area contributed by atoms with Gasteiger partial charge in [0.2, 0.25) is 5.91 Å². The summed E-state index contributed by atoms with van der Waals surface area (Å²) in [7, 11) is 0. The molecule has 0 radical (unpaired) electrons. The Labute approximate surface area is 92.9 Å². The van der Waals surface area contributed by atoms with Crippen LogP contribution in [0.15, 0.2) is 36.9 Å². The average molecular weight is 220 g/mol. The quantitative estimate of drug-likeness (QED) is 0.716. The Balaban J connectivity index is 2.67. The molecule has 0 fully saturated rings. The molecule has 0 atom stereocenters. The molecule has 3 N–H and O–H groups in total. The monoisotopic (exact) mass is 220 g/mol. The second-order valence-electron chi connectivity index (χ2n) is 2.98. The van der Waals surface area contributed by atoms with Crippen LogP contribution in [0.2, 0.25) is 0 Å². The molecule has 16 heavy (non-hydrogen) atoms. The average Bonchev–Trinajstić information content (AvgIpc) is 2.26. The fraction of sp³-hybridized carbons (Fsp3) is 0.0909. The van der Waals surface area contributed by atoms with E-state index in [9.17, 15) is 9.59 Å². The predicted octanol–water partition coefficient (Wildman–Crippen LogP) is 0.675. The number of anilines is 1. The number of ether oxygens (including phenoxy) is 1. The number of benzene rings is 1. The van der Waals surface area contributed by atoms with Crippen LogP contribution in [-0.4, -0.2) is 18.4 Å². The van der Waals surface area contributed by atoms with Gasteiger partial charge < -0.3 is 15.8 Å². The predicted molar refractivity (Wildman–Crippen MR) is 60.0 cm³/mol. The van der Waals surface area contributed by atoms with E-state index < -0.39 is 5.91 Å². The van der Waals surface area contributed by atoms with Crippen molar-refractivity contribution in [3.05, 3.63) is 36.9 Å². The van der Waals surface area contributed by atoms with Gasteiger partial charge in [0.05, 0.1) is 0 Å². The zero-order chi connectivity index (χ0) is 12.0. The summed E-state index contributed by atoms with van der Waals surface area (Å²) in [5, 5.41) is 2.57. The molecule has 0 spiro atoms. The first-order valence-corrected chi connectivity index (χ1v) is 4.56. The van der Waals surface area contributed by atoms with E-state index in [4.69, 9.17) is 10.5 Å². The van der Waals surface area contributed by atoms with Crippen LogP contribution in [-0.2, 0) is 9.59 Å². The van der Waals surface area contributed by atoms with Crippen LogP contribution in [0.5, 0.6) is 5.75 Å². The highest BCUT2D eigenvalue weighted by molar-refractivity contribution is 5.98. The topological polar surface area (TPSA) is 81.4 Å². The van der Waals surface area contributed by atoms with E-state index in [1.807, 2.05) is 0 Å². The third kappa shape index (κ3) is 3.83. The van der Waals surface area contributed by atoms with Crippen molar-refractivity contribution in [1.82, 2.24) is 0 Å². The number of hydrogen-bond donors (Lipinski definition) is 2. The zero-order valence-corrected chi connectivity index (χ0v) is 8.60. The third-order valence-electron chi connectivity index (χ3n) is 1.67. The number of carbonyl (C=O) groups is 2. The highest BCUT2D eigenvalue weighted by atomic mass is 16.5. The molecule has 0 heterocycles. The molecule has 1 aromatic rings. The van der Waals surface area contributed by atoms with E-state index in [0.29, 0.717) is 11.4 Å². The Morgan fingerprint density at radius 1 is 1.50 bits per heavy atom. The Bertz CT molecular complexity index is 415. The second-order valence-corrected chi connectivity index (χ2v) is 2.98. The van der Waals surface area contributed by atoms with Crippen molar-refractivity contribution in [3.8, 4) is 5.75 Å². The van der Waals surface area contributed by atoms with Gasteiger partial charge in [0, 0.05) is 11.8 Å². The van der Waals surface area contributed by atoms with Crippen molar-refractivity contribution < 1.29 is 14.3 Å². The van der Waals surface area contributed by atoms with Gasteiger partial charge in [-0.25, -0.2) is 0 Å². The summed E-state index contributed by atoms with van der Waals surface area (Å²) in [6.07, 6.45) is 1.16. The van der Waals surface area contributed by atoms with E-state index in [1.165, 1.54) is 0 Å². The number of nitrogens with one attached hydrogen (secondary N) is 1. The minimum atomic E-state index is -0.555. The Morgan fingerprint density at radius 2 is 2.25 bits per heavy atom. The number of carbonyl (C=O) groups excluding carboxylic acids is 2. The van der Waals surface area contributed by atoms with Gasteiger partial charge in [-0.3, -0.25) is 9.59 Å². The molecule has 2 amide bonds. The normalized spacial score (nSPS) is 9.25. The van der Waals surface area contributed by atoms with E-state index in [-0.39, 0.29) is 12.5 Å². The van der Waals surface area contributed by atoms with Gasteiger partial charge in [0.25, 0.3) is 5.91 Å². The Hall–Kier alpha value is -2.30. The van der Waals surface area contributed by atoms with Gasteiger partial charge >= 0.3 is 0 Å². The fourth-order valence-corrected chi connectivity index (χ4v) is 1.01. The molecule has 0 aliphatic carbocycles. The lowest BCUT2D eigenvalue weighted by Crippen LogP contribution is -2.20. The third-order valence-corrected chi connectivity index (χ3v) is 1.67. The van der Waals surface area contributed by atoms with Crippen LogP contribution in [0, 0.1) is 0 Å². The maximum atomic E-state index is 11.0. The molecule has 5 heteroatoms. The Kier molecular flexibility index (Phi) is 4.08. The van der Waals surface area contributed by atoms with Crippen molar-refractivity contribution in [1.29, 1.82) is 0 Å². The van der Waals surface area contributed by atoms with E-state index >= 15 is 0 Å². The standard InChI is InChI=1S/C11H12N2O3/c1-2-11(15)13-8-4-3-5-9(6-8)16-7-10(12)14/h2-6H,1,7H2,(H2,12,14)(H,13,15). The second kappa shape index (κ2) is 5.55. The van der Waals surface area contributed by atoms with Crippen LogP contribution in [0.3, 0.4) is 0 Å². The molecule has 0 aliphatic heterocycles. The van der Waals surface area contributed by atoms with Crippen molar-refractivity contribution in [3.63, 3.8) is 0 Å². The van der Waals surface area contributed by atoms with Gasteiger partial charge in [0.1, 0.15) is 5.75 Å². The number of rotatable bonds is 5. The van der Waals surface area contributed by atoms with Crippen LogP contribution >= 0.6 is 0 Å². The summed E-state index contributed by atoms with van der Waals surface area (Å²) in [4.78, 5) is 21.5. The number of amides is 2. The SMILES string of the molecule is C=CC(=O)Nc1cccc(OCC(N)=O)c1. The van der Waals surface area contributed by atoms with Crippen LogP contribution < -0.4 is 15.8 Å². The van der Waals surface area contributed by atoms with Gasteiger partial charge in [0.15, 0.2) is 6.61 Å². The smallest absolute Gasteiger partial charge is 0.255 e. The lowest BCUT2D eigenvalue weighted by molar-refractivity contribution is -0.120.